The molecule has 0 spiro atoms. The number of benzene rings is 1. The second-order valence-electron chi connectivity index (χ2n) is 7.13. The molecule has 1 aromatic heterocycles. The van der Waals surface area contributed by atoms with Gasteiger partial charge in [-0.3, -0.25) is 9.52 Å². The van der Waals surface area contributed by atoms with Crippen LogP contribution in [0.4, 0.5) is 11.9 Å². The number of sulfonamides is 1. The van der Waals surface area contributed by atoms with Crippen LogP contribution in [0, 0.1) is 5.92 Å². The first kappa shape index (κ1) is 25.6. The van der Waals surface area contributed by atoms with E-state index in [9.17, 15) is 18.3 Å². The first-order valence-electron chi connectivity index (χ1n) is 9.19. The summed E-state index contributed by atoms with van der Waals surface area (Å²) in [5.41, 5.74) is 0.303. The minimum Gasteiger partial charge on any atom is -0.394 e. The van der Waals surface area contributed by atoms with Gasteiger partial charge in [-0.2, -0.15) is 15.0 Å². The molecule has 0 saturated carbocycles. The van der Waals surface area contributed by atoms with E-state index in [0.717, 1.165) is 18.0 Å². The molecule has 0 radical (unpaired) electrons. The largest absolute Gasteiger partial charge is 0.394 e. The van der Waals surface area contributed by atoms with Crippen LogP contribution in [0.25, 0.3) is 0 Å². The van der Waals surface area contributed by atoms with Gasteiger partial charge in [0, 0.05) is 10.6 Å². The van der Waals surface area contributed by atoms with E-state index in [4.69, 9.17) is 23.2 Å². The molecule has 31 heavy (non-hydrogen) atoms. The van der Waals surface area contributed by atoms with Crippen molar-refractivity contribution in [3.63, 3.8) is 0 Å². The van der Waals surface area contributed by atoms with Crippen LogP contribution in [-0.2, 0) is 10.0 Å². The third-order valence-corrected chi connectivity index (χ3v) is 5.71. The summed E-state index contributed by atoms with van der Waals surface area (Å²) in [5.74, 6) is -0.123. The summed E-state index contributed by atoms with van der Waals surface area (Å²) in [5, 5.41) is 13.3. The zero-order chi connectivity index (χ0) is 23.2. The van der Waals surface area contributed by atoms with Crippen molar-refractivity contribution in [2.45, 2.75) is 31.5 Å². The minimum atomic E-state index is -3.63. The van der Waals surface area contributed by atoms with Crippen molar-refractivity contribution in [2.75, 3.05) is 28.7 Å². The van der Waals surface area contributed by atoms with E-state index in [1.165, 1.54) is 12.1 Å². The molecule has 1 aromatic carbocycles. The molecule has 2 aromatic rings. The lowest BCUT2D eigenvalue weighted by Gasteiger charge is -2.18. The summed E-state index contributed by atoms with van der Waals surface area (Å²) < 4.78 is 25.4. The highest BCUT2D eigenvalue weighted by molar-refractivity contribution is 7.99. The van der Waals surface area contributed by atoms with Crippen molar-refractivity contribution in [1.82, 2.24) is 15.0 Å². The molecule has 0 saturated heterocycles. The van der Waals surface area contributed by atoms with Gasteiger partial charge in [0.2, 0.25) is 21.9 Å². The molecule has 13 heteroatoms. The minimum absolute atomic E-state index is 0.0431. The lowest BCUT2D eigenvalue weighted by Crippen LogP contribution is -2.27. The van der Waals surface area contributed by atoms with Crippen molar-refractivity contribution in [1.29, 1.82) is 0 Å². The fourth-order valence-electron chi connectivity index (χ4n) is 2.55. The molecule has 0 unspecified atom stereocenters. The van der Waals surface area contributed by atoms with Crippen molar-refractivity contribution < 1.29 is 18.3 Å². The number of carbonyl (C=O) groups is 1. The zero-order valence-corrected chi connectivity index (χ0v) is 20.2. The SMILES string of the molecule is CC(C)C[C@H](CO)Nc1nc(NS(C)(=O)=O)nc(SCC(=O)c2ccc(Cl)cc2Cl)n1. The summed E-state index contributed by atoms with van der Waals surface area (Å²) >= 11 is 12.9. The Balaban J connectivity index is 2.23. The Labute approximate surface area is 195 Å². The highest BCUT2D eigenvalue weighted by Gasteiger charge is 2.17. The zero-order valence-electron chi connectivity index (χ0n) is 17.1. The molecule has 0 aliphatic carbocycles. The van der Waals surface area contributed by atoms with Crippen LogP contribution >= 0.6 is 35.0 Å². The molecular formula is C18H23Cl2N5O4S2. The smallest absolute Gasteiger partial charge is 0.242 e. The highest BCUT2D eigenvalue weighted by atomic mass is 35.5. The molecule has 2 rings (SSSR count). The van der Waals surface area contributed by atoms with E-state index >= 15 is 0 Å². The number of nitrogens with one attached hydrogen (secondary N) is 2. The molecule has 3 N–H and O–H groups in total. The van der Waals surface area contributed by atoms with Gasteiger partial charge in [-0.15, -0.1) is 0 Å². The summed E-state index contributed by atoms with van der Waals surface area (Å²) in [6.07, 6.45) is 1.62. The molecule has 9 nitrogen and oxygen atoms in total. The maximum Gasteiger partial charge on any atom is 0.242 e. The van der Waals surface area contributed by atoms with Crippen LogP contribution in [0.2, 0.25) is 10.0 Å². The lowest BCUT2D eigenvalue weighted by molar-refractivity contribution is 0.102. The number of aliphatic hydroxyl groups excluding tert-OH is 1. The second kappa shape index (κ2) is 11.3. The van der Waals surface area contributed by atoms with E-state index in [0.29, 0.717) is 22.9 Å². The van der Waals surface area contributed by atoms with Crippen molar-refractivity contribution in [3.8, 4) is 0 Å². The molecule has 0 bridgehead atoms. The van der Waals surface area contributed by atoms with E-state index in [2.05, 4.69) is 25.0 Å². The number of halogens is 2. The third-order valence-electron chi connectivity index (χ3n) is 3.77. The van der Waals surface area contributed by atoms with Crippen LogP contribution in [-0.4, -0.2) is 58.9 Å². The van der Waals surface area contributed by atoms with Gasteiger partial charge in [-0.1, -0.05) is 48.8 Å². The first-order valence-corrected chi connectivity index (χ1v) is 12.8. The van der Waals surface area contributed by atoms with Crippen molar-refractivity contribution >= 4 is 62.7 Å². The molecule has 0 aliphatic rings. The molecule has 0 amide bonds. The Kier molecular flexibility index (Phi) is 9.31. The van der Waals surface area contributed by atoms with E-state index in [1.54, 1.807) is 6.07 Å². The van der Waals surface area contributed by atoms with Gasteiger partial charge in [0.05, 0.1) is 29.7 Å². The summed E-state index contributed by atoms with van der Waals surface area (Å²) in [7, 11) is -3.63. The molecular weight excluding hydrogens is 485 g/mol. The van der Waals surface area contributed by atoms with Gasteiger partial charge >= 0.3 is 0 Å². The van der Waals surface area contributed by atoms with Gasteiger partial charge in [0.25, 0.3) is 0 Å². The number of rotatable bonds is 11. The number of hydrogen-bond donors (Lipinski definition) is 3. The van der Waals surface area contributed by atoms with Gasteiger partial charge in [-0.05, 0) is 30.5 Å². The predicted octanol–water partition coefficient (Wildman–Crippen LogP) is 3.34. The average Bonchev–Trinajstić information content (AvgIpc) is 2.63. The van der Waals surface area contributed by atoms with Crippen LogP contribution in [0.15, 0.2) is 23.4 Å². The fraction of sp³-hybridized carbons (Fsp3) is 0.444. The van der Waals surface area contributed by atoms with Gasteiger partial charge in [0.15, 0.2) is 10.9 Å². The van der Waals surface area contributed by atoms with Crippen molar-refractivity contribution in [2.24, 2.45) is 5.92 Å². The number of anilines is 2. The van der Waals surface area contributed by atoms with E-state index < -0.39 is 10.0 Å². The maximum absolute atomic E-state index is 12.5. The molecule has 1 heterocycles. The van der Waals surface area contributed by atoms with Crippen LogP contribution in [0.3, 0.4) is 0 Å². The summed E-state index contributed by atoms with van der Waals surface area (Å²) in [4.78, 5) is 24.9. The van der Waals surface area contributed by atoms with Gasteiger partial charge in [-0.25, -0.2) is 8.42 Å². The number of aliphatic hydroxyl groups is 1. The Morgan fingerprint density at radius 3 is 2.45 bits per heavy atom. The monoisotopic (exact) mass is 507 g/mol. The number of hydrogen-bond acceptors (Lipinski definition) is 9. The van der Waals surface area contributed by atoms with Gasteiger partial charge < -0.3 is 10.4 Å². The summed E-state index contributed by atoms with van der Waals surface area (Å²) in [6, 6.07) is 4.24. The quantitative estimate of drug-likeness (QED) is 0.309. The highest BCUT2D eigenvalue weighted by Crippen LogP contribution is 2.24. The topological polar surface area (TPSA) is 134 Å². The Bertz CT molecular complexity index is 1040. The Morgan fingerprint density at radius 1 is 1.19 bits per heavy atom. The van der Waals surface area contributed by atoms with Crippen LogP contribution in [0.1, 0.15) is 30.6 Å². The fourth-order valence-corrected chi connectivity index (χ4v) is 4.21. The normalized spacial score (nSPS) is 12.6. The van der Waals surface area contributed by atoms with E-state index in [-0.39, 0.29) is 46.3 Å². The number of aromatic nitrogens is 3. The van der Waals surface area contributed by atoms with Crippen LogP contribution < -0.4 is 10.0 Å². The maximum atomic E-state index is 12.5. The Morgan fingerprint density at radius 2 is 1.87 bits per heavy atom. The summed E-state index contributed by atoms with van der Waals surface area (Å²) in [6.45, 7) is 3.85. The molecule has 170 valence electrons. The van der Waals surface area contributed by atoms with Crippen LogP contribution in [0.5, 0.6) is 0 Å². The van der Waals surface area contributed by atoms with Crippen molar-refractivity contribution in [3.05, 3.63) is 33.8 Å². The Hall–Kier alpha value is -1.66. The molecule has 1 atom stereocenters. The molecule has 0 fully saturated rings. The standard InChI is InChI=1S/C18H23Cl2N5O4S2/c1-10(2)6-12(8-26)21-16-22-17(25-31(3,28)29)24-18(23-16)30-9-15(27)13-5-4-11(19)7-14(13)20/h4-5,7,10,12,26H,6,8-9H2,1-3H3,(H2,21,22,23,24,25)/t12-/m1/s1. The third kappa shape index (κ3) is 8.77. The second-order valence-corrected chi connectivity index (χ2v) is 10.7. The average molecular weight is 508 g/mol. The van der Waals surface area contributed by atoms with E-state index in [1.807, 2.05) is 13.8 Å². The number of thioether (sulfide) groups is 1. The molecule has 0 aliphatic heterocycles. The number of ketones is 1. The first-order chi connectivity index (χ1) is 14.5. The number of nitrogens with zero attached hydrogens (tertiary/aromatic N) is 3. The predicted molar refractivity (Wildman–Crippen MR) is 124 cm³/mol. The number of carbonyl (C=O) groups excluding carboxylic acids is 1. The van der Waals surface area contributed by atoms with Gasteiger partial charge in [0.1, 0.15) is 0 Å². The lowest BCUT2D eigenvalue weighted by atomic mass is 10.0. The number of Topliss-reactive ketones (excluding diaryl/α,β-unsaturated/α-hetero) is 1.